The monoisotopic (exact) mass is 213 g/mol. The summed E-state index contributed by atoms with van der Waals surface area (Å²) in [4.78, 5) is 15.1. The summed E-state index contributed by atoms with van der Waals surface area (Å²) in [6.45, 7) is 0.689. The molecule has 0 bridgehead atoms. The van der Waals surface area contributed by atoms with E-state index < -0.39 is 0 Å². The van der Waals surface area contributed by atoms with Crippen LogP contribution in [0.15, 0.2) is 4.99 Å². The molecule has 0 aromatic carbocycles. The molecule has 0 aliphatic heterocycles. The Morgan fingerprint density at radius 2 is 2.27 bits per heavy atom. The van der Waals surface area contributed by atoms with Crippen molar-refractivity contribution < 1.29 is 4.79 Å². The van der Waals surface area contributed by atoms with Gasteiger partial charge in [0, 0.05) is 26.1 Å². The average molecular weight is 213 g/mol. The standard InChI is InChI=1S/C9H19N5O/c1-11-9(14-10)12-6-2-3-8(15)13-7-4-5-7/h7H,2-6,10H2,1H3,(H,13,15)(H2,11,12,14). The van der Waals surface area contributed by atoms with Crippen LogP contribution in [0.2, 0.25) is 0 Å². The van der Waals surface area contributed by atoms with E-state index in [9.17, 15) is 4.79 Å². The van der Waals surface area contributed by atoms with Gasteiger partial charge in [-0.2, -0.15) is 0 Å². The molecule has 86 valence electrons. The highest BCUT2D eigenvalue weighted by Gasteiger charge is 2.22. The van der Waals surface area contributed by atoms with E-state index in [0.29, 0.717) is 25.0 Å². The summed E-state index contributed by atoms with van der Waals surface area (Å²) < 4.78 is 0. The largest absolute Gasteiger partial charge is 0.355 e. The number of amides is 1. The summed E-state index contributed by atoms with van der Waals surface area (Å²) in [7, 11) is 1.64. The number of nitrogens with two attached hydrogens (primary N) is 1. The van der Waals surface area contributed by atoms with Crippen LogP contribution in [0.25, 0.3) is 0 Å². The fourth-order valence-electron chi connectivity index (χ4n) is 1.18. The van der Waals surface area contributed by atoms with Gasteiger partial charge in [-0.3, -0.25) is 15.2 Å². The average Bonchev–Trinajstić information content (AvgIpc) is 3.02. The zero-order valence-electron chi connectivity index (χ0n) is 9.05. The third-order valence-electron chi connectivity index (χ3n) is 2.18. The molecule has 0 aromatic heterocycles. The van der Waals surface area contributed by atoms with Crippen molar-refractivity contribution >= 4 is 11.9 Å². The lowest BCUT2D eigenvalue weighted by Crippen LogP contribution is -2.42. The maximum Gasteiger partial charge on any atom is 0.220 e. The van der Waals surface area contributed by atoms with Gasteiger partial charge in [0.2, 0.25) is 11.9 Å². The predicted octanol–water partition coefficient (Wildman–Crippen LogP) is -0.916. The molecule has 0 spiro atoms. The summed E-state index contributed by atoms with van der Waals surface area (Å²) in [5, 5.41) is 5.91. The van der Waals surface area contributed by atoms with E-state index in [1.807, 2.05) is 0 Å². The SMILES string of the molecule is CN=C(NN)NCCCC(=O)NC1CC1. The van der Waals surface area contributed by atoms with Crippen LogP contribution in [0.5, 0.6) is 0 Å². The Labute approximate surface area is 89.7 Å². The zero-order valence-corrected chi connectivity index (χ0v) is 9.05. The molecule has 1 amide bonds. The lowest BCUT2D eigenvalue weighted by Gasteiger charge is -2.07. The normalized spacial score (nSPS) is 16.0. The summed E-state index contributed by atoms with van der Waals surface area (Å²) in [5.41, 5.74) is 2.42. The first-order valence-corrected chi connectivity index (χ1v) is 5.23. The minimum absolute atomic E-state index is 0.134. The van der Waals surface area contributed by atoms with Gasteiger partial charge >= 0.3 is 0 Å². The third kappa shape index (κ3) is 5.21. The van der Waals surface area contributed by atoms with Crippen molar-refractivity contribution in [3.63, 3.8) is 0 Å². The van der Waals surface area contributed by atoms with Crippen LogP contribution >= 0.6 is 0 Å². The van der Waals surface area contributed by atoms with Gasteiger partial charge in [-0.15, -0.1) is 0 Å². The van der Waals surface area contributed by atoms with Crippen LogP contribution in [0.4, 0.5) is 0 Å². The number of rotatable bonds is 5. The van der Waals surface area contributed by atoms with Gasteiger partial charge in [0.15, 0.2) is 0 Å². The molecule has 0 unspecified atom stereocenters. The molecule has 1 aliphatic rings. The van der Waals surface area contributed by atoms with Crippen molar-refractivity contribution in [1.29, 1.82) is 0 Å². The summed E-state index contributed by atoms with van der Waals surface area (Å²) in [5.74, 6) is 5.85. The van der Waals surface area contributed by atoms with E-state index in [0.717, 1.165) is 19.3 Å². The van der Waals surface area contributed by atoms with E-state index in [-0.39, 0.29) is 5.91 Å². The van der Waals surface area contributed by atoms with Crippen LogP contribution in [-0.4, -0.2) is 31.5 Å². The second-order valence-electron chi connectivity index (χ2n) is 3.59. The fraction of sp³-hybridized carbons (Fsp3) is 0.778. The molecule has 0 heterocycles. The van der Waals surface area contributed by atoms with Gasteiger partial charge in [-0.25, -0.2) is 5.84 Å². The Balaban J connectivity index is 1.97. The summed E-state index contributed by atoms with van der Waals surface area (Å²) in [6.07, 6.45) is 3.59. The smallest absolute Gasteiger partial charge is 0.220 e. The Morgan fingerprint density at radius 3 is 2.80 bits per heavy atom. The van der Waals surface area contributed by atoms with E-state index in [1.54, 1.807) is 7.05 Å². The number of nitrogens with zero attached hydrogens (tertiary/aromatic N) is 1. The molecule has 0 atom stereocenters. The molecule has 6 nitrogen and oxygen atoms in total. The van der Waals surface area contributed by atoms with E-state index in [1.165, 1.54) is 0 Å². The minimum atomic E-state index is 0.134. The Morgan fingerprint density at radius 1 is 1.53 bits per heavy atom. The number of hydrogen-bond donors (Lipinski definition) is 4. The molecule has 15 heavy (non-hydrogen) atoms. The fourth-order valence-corrected chi connectivity index (χ4v) is 1.18. The van der Waals surface area contributed by atoms with Gasteiger partial charge in [0.25, 0.3) is 0 Å². The van der Waals surface area contributed by atoms with Crippen molar-refractivity contribution in [1.82, 2.24) is 16.1 Å². The van der Waals surface area contributed by atoms with E-state index >= 15 is 0 Å². The molecule has 0 radical (unpaired) electrons. The highest BCUT2D eigenvalue weighted by atomic mass is 16.1. The molecule has 1 saturated carbocycles. The van der Waals surface area contributed by atoms with E-state index in [2.05, 4.69) is 21.1 Å². The van der Waals surface area contributed by atoms with Crippen molar-refractivity contribution in [2.24, 2.45) is 10.8 Å². The van der Waals surface area contributed by atoms with Crippen molar-refractivity contribution in [3.8, 4) is 0 Å². The van der Waals surface area contributed by atoms with Crippen LogP contribution in [0.3, 0.4) is 0 Å². The first-order valence-electron chi connectivity index (χ1n) is 5.23. The molecule has 6 heteroatoms. The van der Waals surface area contributed by atoms with Gasteiger partial charge in [-0.1, -0.05) is 0 Å². The number of nitrogens with one attached hydrogen (secondary N) is 3. The first-order chi connectivity index (χ1) is 7.26. The lowest BCUT2D eigenvalue weighted by molar-refractivity contribution is -0.121. The maximum absolute atomic E-state index is 11.3. The Bertz CT molecular complexity index is 237. The lowest BCUT2D eigenvalue weighted by atomic mass is 10.3. The summed E-state index contributed by atoms with van der Waals surface area (Å²) in [6, 6.07) is 0.448. The second kappa shape index (κ2) is 6.23. The zero-order chi connectivity index (χ0) is 11.1. The minimum Gasteiger partial charge on any atom is -0.355 e. The van der Waals surface area contributed by atoms with Gasteiger partial charge in [0.1, 0.15) is 0 Å². The second-order valence-corrected chi connectivity index (χ2v) is 3.59. The molecular formula is C9H19N5O. The van der Waals surface area contributed by atoms with Crippen molar-refractivity contribution in [3.05, 3.63) is 0 Å². The maximum atomic E-state index is 11.3. The molecule has 1 fully saturated rings. The van der Waals surface area contributed by atoms with Gasteiger partial charge in [-0.05, 0) is 19.3 Å². The van der Waals surface area contributed by atoms with Crippen LogP contribution in [0, 0.1) is 0 Å². The number of hydrogen-bond acceptors (Lipinski definition) is 3. The van der Waals surface area contributed by atoms with Crippen LogP contribution in [-0.2, 0) is 4.79 Å². The molecule has 0 saturated heterocycles. The Hall–Kier alpha value is -1.30. The third-order valence-corrected chi connectivity index (χ3v) is 2.18. The quantitative estimate of drug-likeness (QED) is 0.156. The van der Waals surface area contributed by atoms with Crippen molar-refractivity contribution in [2.45, 2.75) is 31.7 Å². The molecule has 5 N–H and O–H groups in total. The van der Waals surface area contributed by atoms with Crippen molar-refractivity contribution in [2.75, 3.05) is 13.6 Å². The predicted molar refractivity (Wildman–Crippen MR) is 59.1 cm³/mol. The van der Waals surface area contributed by atoms with Gasteiger partial charge < -0.3 is 10.6 Å². The molecule has 1 rings (SSSR count). The summed E-state index contributed by atoms with van der Waals surface area (Å²) >= 11 is 0. The highest BCUT2D eigenvalue weighted by Crippen LogP contribution is 2.18. The topological polar surface area (TPSA) is 91.5 Å². The first kappa shape index (κ1) is 11.8. The number of guanidine groups is 1. The number of carbonyl (C=O) groups is 1. The molecule has 0 aromatic rings. The molecule has 1 aliphatic carbocycles. The van der Waals surface area contributed by atoms with Crippen LogP contribution in [0.1, 0.15) is 25.7 Å². The van der Waals surface area contributed by atoms with Gasteiger partial charge in [0.05, 0.1) is 0 Å². The van der Waals surface area contributed by atoms with Crippen LogP contribution < -0.4 is 21.9 Å². The Kier molecular flexibility index (Phi) is 4.89. The highest BCUT2D eigenvalue weighted by molar-refractivity contribution is 5.79. The number of aliphatic imine (C=N–C) groups is 1. The number of hydrazine groups is 1. The molecular weight excluding hydrogens is 194 g/mol. The van der Waals surface area contributed by atoms with E-state index in [4.69, 9.17) is 5.84 Å². The number of carbonyl (C=O) groups excluding carboxylic acids is 1.